The van der Waals surface area contributed by atoms with E-state index in [4.69, 9.17) is 11.6 Å². The van der Waals surface area contributed by atoms with Gasteiger partial charge in [-0.25, -0.2) is 4.39 Å². The number of fused-ring (bicyclic) bond motifs is 9. The molecule has 0 unspecified atom stereocenters. The minimum absolute atomic E-state index is 0.0665. The molecule has 0 radical (unpaired) electrons. The van der Waals surface area contributed by atoms with Gasteiger partial charge < -0.3 is 10.2 Å². The number of β-amino-alcohol motifs (C(OH)–C–C–N with tert-alkyl or cyclic N) is 1. The highest BCUT2D eigenvalue weighted by atomic mass is 35.5. The SMILES string of the molecule is CC1=CCC[C@@]2(C)[C@@H](CC[C@@]2(O)CN2Cc3ccccc3C2)c2ccc(cc2C(=O)Cc2c(F)cccc2Cl)C[C@@H](O)CC1. The quantitative estimate of drug-likeness (QED) is 0.226. The number of aliphatic hydroxyl groups excluding tert-OH is 1. The molecule has 2 N–H and O–H groups in total. The van der Waals surface area contributed by atoms with Crippen molar-refractivity contribution in [1.29, 1.82) is 0 Å². The molecule has 3 aromatic carbocycles. The maximum atomic E-state index is 14.8. The summed E-state index contributed by atoms with van der Waals surface area (Å²) in [6, 6.07) is 18.9. The van der Waals surface area contributed by atoms with Crippen molar-refractivity contribution in [2.45, 2.75) is 95.9 Å². The van der Waals surface area contributed by atoms with Gasteiger partial charge in [0.2, 0.25) is 0 Å². The minimum Gasteiger partial charge on any atom is -0.393 e. The van der Waals surface area contributed by atoms with Crippen LogP contribution in [0.4, 0.5) is 4.39 Å². The Morgan fingerprint density at radius 2 is 1.80 bits per heavy atom. The second-order valence-electron chi connectivity index (χ2n) is 13.7. The second kappa shape index (κ2) is 12.5. The lowest BCUT2D eigenvalue weighted by molar-refractivity contribution is -0.0845. The van der Waals surface area contributed by atoms with E-state index >= 15 is 0 Å². The Labute approximate surface area is 265 Å². The van der Waals surface area contributed by atoms with Gasteiger partial charge in [-0.3, -0.25) is 9.69 Å². The maximum Gasteiger partial charge on any atom is 0.167 e. The fraction of sp³-hybridized carbons (Fsp3) is 0.447. The highest BCUT2D eigenvalue weighted by Gasteiger charge is 2.57. The summed E-state index contributed by atoms with van der Waals surface area (Å²) in [6.07, 6.45) is 6.43. The number of hydrogen-bond donors (Lipinski definition) is 2. The van der Waals surface area contributed by atoms with Crippen LogP contribution in [-0.2, 0) is 25.9 Å². The molecule has 0 saturated heterocycles. The molecule has 1 fully saturated rings. The van der Waals surface area contributed by atoms with E-state index in [-0.39, 0.29) is 28.7 Å². The summed E-state index contributed by atoms with van der Waals surface area (Å²) in [5, 5.41) is 23.7. The van der Waals surface area contributed by atoms with Gasteiger partial charge >= 0.3 is 0 Å². The summed E-state index contributed by atoms with van der Waals surface area (Å²) in [7, 11) is 0. The Hall–Kier alpha value is -2.83. The molecule has 1 aliphatic heterocycles. The summed E-state index contributed by atoms with van der Waals surface area (Å²) >= 11 is 6.35. The molecule has 3 aliphatic carbocycles. The summed E-state index contributed by atoms with van der Waals surface area (Å²) in [5.74, 6) is -0.753. The Bertz CT molecular complexity index is 1540. The molecule has 0 aromatic heterocycles. The van der Waals surface area contributed by atoms with E-state index in [1.54, 1.807) is 12.1 Å². The minimum atomic E-state index is -0.956. The molecule has 232 valence electrons. The maximum absolute atomic E-state index is 14.8. The fourth-order valence-electron chi connectivity index (χ4n) is 8.08. The molecule has 1 saturated carbocycles. The van der Waals surface area contributed by atoms with E-state index in [9.17, 15) is 19.4 Å². The Morgan fingerprint density at radius 1 is 1.05 bits per heavy atom. The molecule has 6 heteroatoms. The molecule has 0 amide bonds. The van der Waals surface area contributed by atoms with Gasteiger partial charge in [0.15, 0.2) is 5.78 Å². The van der Waals surface area contributed by atoms with Crippen molar-refractivity contribution in [2.24, 2.45) is 5.41 Å². The molecule has 4 nitrogen and oxygen atoms in total. The number of nitrogens with zero attached hydrogens (tertiary/aromatic N) is 1. The molecule has 4 atom stereocenters. The van der Waals surface area contributed by atoms with Crippen LogP contribution in [0.1, 0.15) is 96.5 Å². The van der Waals surface area contributed by atoms with Crippen molar-refractivity contribution < 1.29 is 19.4 Å². The van der Waals surface area contributed by atoms with E-state index in [0.717, 1.165) is 49.9 Å². The average molecular weight is 616 g/mol. The zero-order valence-electron chi connectivity index (χ0n) is 25.8. The van der Waals surface area contributed by atoms with Crippen LogP contribution in [0.25, 0.3) is 0 Å². The zero-order chi connectivity index (χ0) is 31.1. The molecule has 2 bridgehead atoms. The second-order valence-corrected chi connectivity index (χ2v) is 14.1. The van der Waals surface area contributed by atoms with Crippen LogP contribution in [-0.4, -0.2) is 39.1 Å². The molecule has 1 heterocycles. The summed E-state index contributed by atoms with van der Waals surface area (Å²) in [5.41, 5.74) is 4.96. The van der Waals surface area contributed by atoms with Crippen LogP contribution >= 0.6 is 11.6 Å². The predicted octanol–water partition coefficient (Wildman–Crippen LogP) is 7.96. The molecule has 44 heavy (non-hydrogen) atoms. The van der Waals surface area contributed by atoms with Gasteiger partial charge in [-0.15, -0.1) is 0 Å². The normalized spacial score (nSPS) is 27.5. The van der Waals surface area contributed by atoms with Gasteiger partial charge in [0.25, 0.3) is 0 Å². The highest BCUT2D eigenvalue weighted by Crippen LogP contribution is 2.59. The molecular formula is C38H43ClFNO3. The van der Waals surface area contributed by atoms with E-state index in [1.165, 1.54) is 22.8 Å². The first-order valence-electron chi connectivity index (χ1n) is 16.0. The number of ketones is 1. The van der Waals surface area contributed by atoms with Crippen LogP contribution < -0.4 is 0 Å². The first kappa shape index (κ1) is 31.2. The lowest BCUT2D eigenvalue weighted by atomic mass is 9.64. The van der Waals surface area contributed by atoms with Gasteiger partial charge in [-0.2, -0.15) is 0 Å². The number of benzene rings is 3. The Morgan fingerprint density at radius 3 is 2.52 bits per heavy atom. The fourth-order valence-corrected chi connectivity index (χ4v) is 8.31. The van der Waals surface area contributed by atoms with Gasteiger partial charge in [0, 0.05) is 47.6 Å². The van der Waals surface area contributed by atoms with E-state index in [0.29, 0.717) is 31.4 Å². The van der Waals surface area contributed by atoms with Crippen LogP contribution in [0.2, 0.25) is 5.02 Å². The van der Waals surface area contributed by atoms with Gasteiger partial charge in [0.1, 0.15) is 5.82 Å². The number of Topliss-reactive ketones (excluding diaryl/α,β-unsaturated/α-hetero) is 1. The number of carbonyl (C=O) groups excluding carboxylic acids is 1. The van der Waals surface area contributed by atoms with Crippen LogP contribution in [0.5, 0.6) is 0 Å². The van der Waals surface area contributed by atoms with Crippen molar-refractivity contribution in [1.82, 2.24) is 4.90 Å². The van der Waals surface area contributed by atoms with Crippen LogP contribution in [0.15, 0.2) is 72.3 Å². The third-order valence-corrected chi connectivity index (χ3v) is 11.1. The lowest BCUT2D eigenvalue weighted by Crippen LogP contribution is -2.51. The molecule has 7 rings (SSSR count). The topological polar surface area (TPSA) is 60.8 Å². The molecule has 3 aromatic rings. The summed E-state index contributed by atoms with van der Waals surface area (Å²) < 4.78 is 14.8. The number of hydrogen-bond acceptors (Lipinski definition) is 4. The molecule has 0 spiro atoms. The summed E-state index contributed by atoms with van der Waals surface area (Å²) in [6.45, 7) is 6.54. The number of allylic oxidation sites excluding steroid dienone is 2. The van der Waals surface area contributed by atoms with Crippen LogP contribution in [0.3, 0.4) is 0 Å². The first-order chi connectivity index (χ1) is 21.1. The largest absolute Gasteiger partial charge is 0.393 e. The predicted molar refractivity (Wildman–Crippen MR) is 173 cm³/mol. The monoisotopic (exact) mass is 615 g/mol. The number of aliphatic hydroxyl groups is 2. The van der Waals surface area contributed by atoms with Gasteiger partial charge in [-0.05, 0) is 98.2 Å². The number of halogens is 2. The van der Waals surface area contributed by atoms with Gasteiger partial charge in [-0.1, -0.05) is 72.6 Å². The molecule has 4 aliphatic rings. The van der Waals surface area contributed by atoms with Crippen molar-refractivity contribution in [2.75, 3.05) is 6.54 Å². The van der Waals surface area contributed by atoms with E-state index in [2.05, 4.69) is 49.1 Å². The van der Waals surface area contributed by atoms with E-state index < -0.39 is 22.9 Å². The van der Waals surface area contributed by atoms with Crippen LogP contribution in [0, 0.1) is 11.2 Å². The Balaban J connectivity index is 1.39. The number of rotatable bonds is 5. The lowest BCUT2D eigenvalue weighted by Gasteiger charge is -2.45. The average Bonchev–Trinajstić information content (AvgIpc) is 3.50. The van der Waals surface area contributed by atoms with Crippen molar-refractivity contribution in [3.63, 3.8) is 0 Å². The third-order valence-electron chi connectivity index (χ3n) is 10.8. The summed E-state index contributed by atoms with van der Waals surface area (Å²) in [4.78, 5) is 16.4. The van der Waals surface area contributed by atoms with E-state index in [1.807, 2.05) is 18.2 Å². The third kappa shape index (κ3) is 6.04. The van der Waals surface area contributed by atoms with Gasteiger partial charge in [0.05, 0.1) is 11.7 Å². The first-order valence-corrected chi connectivity index (χ1v) is 16.4. The highest BCUT2D eigenvalue weighted by molar-refractivity contribution is 6.31. The number of carbonyl (C=O) groups is 1. The van der Waals surface area contributed by atoms with Crippen molar-refractivity contribution in [3.05, 3.63) is 117 Å². The molecular weight excluding hydrogens is 573 g/mol. The standard InChI is InChI=1S/C38H43ClFNO3/c1-25-7-6-17-37(2)33(16-18-38(37,44)24-41-22-27-8-3-4-9-28(27)23-41)30-15-13-26(19-29(42)14-12-25)20-31(30)36(43)21-32-34(39)10-5-11-35(32)40/h3-5,7-11,13,15,20,29,33,42,44H,6,12,14,16-19,21-24H2,1-2H3/t29-,33-,37-,38+/m0/s1. The Kier molecular flexibility index (Phi) is 8.87. The smallest absolute Gasteiger partial charge is 0.167 e. The van der Waals surface area contributed by atoms with Crippen molar-refractivity contribution in [3.8, 4) is 0 Å². The van der Waals surface area contributed by atoms with Crippen molar-refractivity contribution >= 4 is 17.4 Å². The zero-order valence-corrected chi connectivity index (χ0v) is 26.5.